The lowest BCUT2D eigenvalue weighted by Crippen LogP contribution is -2.37. The van der Waals surface area contributed by atoms with Crippen molar-refractivity contribution in [3.05, 3.63) is 28.8 Å². The molecule has 0 heterocycles. The molecule has 1 fully saturated rings. The van der Waals surface area contributed by atoms with Gasteiger partial charge in [-0.15, -0.1) is 0 Å². The summed E-state index contributed by atoms with van der Waals surface area (Å²) in [6.45, 7) is 2.76. The number of rotatable bonds is 5. The first kappa shape index (κ1) is 15.3. The molecule has 0 aromatic heterocycles. The number of nitrogens with zero attached hydrogens (tertiary/aromatic N) is 2. The van der Waals surface area contributed by atoms with E-state index in [4.69, 9.17) is 16.9 Å². The van der Waals surface area contributed by atoms with Crippen molar-refractivity contribution in [2.45, 2.75) is 31.1 Å². The lowest BCUT2D eigenvalue weighted by molar-refractivity contribution is 0.250. The highest BCUT2D eigenvalue weighted by Gasteiger charge is 2.30. The summed E-state index contributed by atoms with van der Waals surface area (Å²) in [4.78, 5) is 0.0272. The van der Waals surface area contributed by atoms with Crippen molar-refractivity contribution in [1.29, 1.82) is 5.26 Å². The largest absolute Gasteiger partial charge is 0.244 e. The molecule has 1 aliphatic carbocycles. The van der Waals surface area contributed by atoms with Crippen molar-refractivity contribution in [2.75, 3.05) is 13.1 Å². The number of benzene rings is 1. The summed E-state index contributed by atoms with van der Waals surface area (Å²) in [6.07, 6.45) is 3.34. The van der Waals surface area contributed by atoms with Crippen LogP contribution in [0.25, 0.3) is 0 Å². The Morgan fingerprint density at radius 2 is 2.15 bits per heavy atom. The molecule has 4 nitrogen and oxygen atoms in total. The molecule has 20 heavy (non-hydrogen) atoms. The summed E-state index contributed by atoms with van der Waals surface area (Å²) in [6, 6.07) is 6.27. The van der Waals surface area contributed by atoms with E-state index in [9.17, 15) is 8.42 Å². The molecule has 0 aliphatic heterocycles. The zero-order valence-corrected chi connectivity index (χ0v) is 12.9. The average molecular weight is 313 g/mol. The van der Waals surface area contributed by atoms with Gasteiger partial charge >= 0.3 is 0 Å². The minimum atomic E-state index is -3.64. The molecule has 0 radical (unpaired) electrons. The Hall–Kier alpha value is -1.09. The zero-order valence-electron chi connectivity index (χ0n) is 11.3. The summed E-state index contributed by atoms with van der Waals surface area (Å²) in [5.74, 6) is 0.447. The monoisotopic (exact) mass is 312 g/mol. The summed E-state index contributed by atoms with van der Waals surface area (Å²) < 4.78 is 26.8. The number of hydrogen-bond acceptors (Lipinski definition) is 3. The highest BCUT2D eigenvalue weighted by Crippen LogP contribution is 2.31. The van der Waals surface area contributed by atoms with Crippen LogP contribution in [-0.4, -0.2) is 25.8 Å². The first-order valence-electron chi connectivity index (χ1n) is 6.68. The minimum Gasteiger partial charge on any atom is -0.207 e. The van der Waals surface area contributed by atoms with E-state index < -0.39 is 10.0 Å². The molecular formula is C14H17ClN2O2S. The lowest BCUT2D eigenvalue weighted by Gasteiger charge is -2.31. The van der Waals surface area contributed by atoms with E-state index in [2.05, 4.69) is 0 Å². The van der Waals surface area contributed by atoms with Crippen molar-refractivity contribution < 1.29 is 8.42 Å². The van der Waals surface area contributed by atoms with Gasteiger partial charge in [-0.25, -0.2) is 8.42 Å². The molecule has 1 aliphatic rings. The molecule has 1 saturated carbocycles. The van der Waals surface area contributed by atoms with Gasteiger partial charge in [0.2, 0.25) is 10.0 Å². The average Bonchev–Trinajstić information content (AvgIpc) is 2.37. The first-order chi connectivity index (χ1) is 9.48. The van der Waals surface area contributed by atoms with Gasteiger partial charge in [-0.3, -0.25) is 0 Å². The van der Waals surface area contributed by atoms with Gasteiger partial charge in [0.25, 0.3) is 0 Å². The van der Waals surface area contributed by atoms with E-state index in [1.54, 1.807) is 0 Å². The molecule has 0 bridgehead atoms. The number of sulfonamides is 1. The molecule has 6 heteroatoms. The van der Waals surface area contributed by atoms with E-state index in [1.165, 1.54) is 28.9 Å². The van der Waals surface area contributed by atoms with Crippen LogP contribution in [0.4, 0.5) is 0 Å². The van der Waals surface area contributed by atoms with Crippen LogP contribution in [0.2, 0.25) is 5.02 Å². The summed E-state index contributed by atoms with van der Waals surface area (Å²) >= 11 is 6.01. The topological polar surface area (TPSA) is 61.2 Å². The second-order valence-electron chi connectivity index (χ2n) is 5.01. The smallest absolute Gasteiger partial charge is 0.207 e. The van der Waals surface area contributed by atoms with E-state index in [-0.39, 0.29) is 9.92 Å². The summed E-state index contributed by atoms with van der Waals surface area (Å²) in [7, 11) is -3.64. The first-order valence-corrected chi connectivity index (χ1v) is 8.50. The van der Waals surface area contributed by atoms with Crippen LogP contribution in [0.1, 0.15) is 31.7 Å². The molecule has 1 aromatic carbocycles. The maximum absolute atomic E-state index is 12.7. The molecular weight excluding hydrogens is 296 g/mol. The van der Waals surface area contributed by atoms with Crippen LogP contribution in [0.3, 0.4) is 0 Å². The highest BCUT2D eigenvalue weighted by molar-refractivity contribution is 7.89. The third-order valence-electron chi connectivity index (χ3n) is 3.72. The molecule has 0 N–H and O–H groups in total. The normalized spacial score (nSPS) is 15.9. The van der Waals surface area contributed by atoms with Crippen molar-refractivity contribution >= 4 is 21.6 Å². The van der Waals surface area contributed by atoms with Gasteiger partial charge in [0.1, 0.15) is 4.90 Å². The second-order valence-corrected chi connectivity index (χ2v) is 7.32. The van der Waals surface area contributed by atoms with Crippen LogP contribution in [0.15, 0.2) is 23.1 Å². The van der Waals surface area contributed by atoms with Gasteiger partial charge in [0, 0.05) is 13.1 Å². The minimum absolute atomic E-state index is 0.0272. The SMILES string of the molecule is CCN(CC1CCC1)S(=O)(=O)c1cc(C#N)ccc1Cl. The van der Waals surface area contributed by atoms with Crippen LogP contribution < -0.4 is 0 Å². The van der Waals surface area contributed by atoms with E-state index in [0.29, 0.717) is 24.6 Å². The lowest BCUT2D eigenvalue weighted by atomic mass is 9.85. The van der Waals surface area contributed by atoms with E-state index in [1.807, 2.05) is 13.0 Å². The predicted molar refractivity (Wildman–Crippen MR) is 77.9 cm³/mol. The number of halogens is 1. The van der Waals surface area contributed by atoms with Gasteiger partial charge in [-0.05, 0) is 37.0 Å². The van der Waals surface area contributed by atoms with Crippen LogP contribution in [0.5, 0.6) is 0 Å². The van der Waals surface area contributed by atoms with Crippen LogP contribution in [0, 0.1) is 17.2 Å². The van der Waals surface area contributed by atoms with Gasteiger partial charge < -0.3 is 0 Å². The summed E-state index contributed by atoms with van der Waals surface area (Å²) in [5, 5.41) is 9.07. The Morgan fingerprint density at radius 1 is 1.45 bits per heavy atom. The van der Waals surface area contributed by atoms with Crippen molar-refractivity contribution in [2.24, 2.45) is 5.92 Å². The predicted octanol–water partition coefficient (Wildman–Crippen LogP) is 3.02. The quantitative estimate of drug-likeness (QED) is 0.839. The molecule has 0 unspecified atom stereocenters. The fraction of sp³-hybridized carbons (Fsp3) is 0.500. The summed E-state index contributed by atoms with van der Waals surface area (Å²) in [5.41, 5.74) is 0.299. The van der Waals surface area contributed by atoms with Crippen molar-refractivity contribution in [3.8, 4) is 6.07 Å². The molecule has 2 rings (SSSR count). The van der Waals surface area contributed by atoms with Crippen molar-refractivity contribution in [1.82, 2.24) is 4.31 Å². The zero-order chi connectivity index (χ0) is 14.8. The maximum Gasteiger partial charge on any atom is 0.244 e. The maximum atomic E-state index is 12.7. The second kappa shape index (κ2) is 6.13. The third-order valence-corrected chi connectivity index (χ3v) is 6.14. The van der Waals surface area contributed by atoms with Gasteiger partial charge in [-0.1, -0.05) is 24.9 Å². The Balaban J connectivity index is 2.34. The molecule has 0 spiro atoms. The third kappa shape index (κ3) is 2.98. The van der Waals surface area contributed by atoms with E-state index >= 15 is 0 Å². The molecule has 0 amide bonds. The standard InChI is InChI=1S/C14H17ClN2O2S/c1-2-17(10-11-4-3-5-11)20(18,19)14-8-12(9-16)6-7-13(14)15/h6-8,11H,2-5,10H2,1H3. The molecule has 108 valence electrons. The Labute approximate surface area is 125 Å². The molecule has 0 atom stereocenters. The van der Waals surface area contributed by atoms with Crippen LogP contribution in [-0.2, 0) is 10.0 Å². The highest BCUT2D eigenvalue weighted by atomic mass is 35.5. The van der Waals surface area contributed by atoms with E-state index in [0.717, 1.165) is 12.8 Å². The Kier molecular flexibility index (Phi) is 4.69. The van der Waals surface area contributed by atoms with Gasteiger partial charge in [0.15, 0.2) is 0 Å². The Bertz CT molecular complexity index is 633. The van der Waals surface area contributed by atoms with Gasteiger partial charge in [-0.2, -0.15) is 9.57 Å². The molecule has 1 aromatic rings. The molecule has 0 saturated heterocycles. The Morgan fingerprint density at radius 3 is 2.65 bits per heavy atom. The fourth-order valence-electron chi connectivity index (χ4n) is 2.27. The van der Waals surface area contributed by atoms with Crippen molar-refractivity contribution in [3.63, 3.8) is 0 Å². The fourth-order valence-corrected chi connectivity index (χ4v) is 4.30. The number of hydrogen-bond donors (Lipinski definition) is 0. The van der Waals surface area contributed by atoms with Crippen LogP contribution >= 0.6 is 11.6 Å². The van der Waals surface area contributed by atoms with Gasteiger partial charge in [0.05, 0.1) is 16.7 Å². The number of nitriles is 1.